The standard InChI is InChI=1S/C9H8N4O2.K.H/c14-9(15)8-10-11-12-13(8)6-7-4-2-1-3-5-7;;/h1-5H,6H2,(H,14,15);;/q;+1;-1. The van der Waals surface area contributed by atoms with Crippen molar-refractivity contribution in [1.82, 2.24) is 20.2 Å². The quantitative estimate of drug-likeness (QED) is 0.606. The second kappa shape index (κ2) is 6.21. The minimum atomic E-state index is -1.13. The number of hydrogen-bond donors (Lipinski definition) is 1. The van der Waals surface area contributed by atoms with Crippen molar-refractivity contribution in [1.29, 1.82) is 0 Å². The molecule has 0 saturated heterocycles. The smallest absolute Gasteiger partial charge is 1.00 e. The molecule has 1 heterocycles. The summed E-state index contributed by atoms with van der Waals surface area (Å²) in [6.45, 7) is 0.357. The van der Waals surface area contributed by atoms with Gasteiger partial charge in [-0.1, -0.05) is 30.3 Å². The third-order valence-corrected chi connectivity index (χ3v) is 1.90. The van der Waals surface area contributed by atoms with Gasteiger partial charge in [0.15, 0.2) is 0 Å². The monoisotopic (exact) mass is 244 g/mol. The number of carboxylic acid groups (broad SMARTS) is 1. The van der Waals surface area contributed by atoms with Gasteiger partial charge in [-0.2, -0.15) is 0 Å². The summed E-state index contributed by atoms with van der Waals surface area (Å²) in [7, 11) is 0. The van der Waals surface area contributed by atoms with Gasteiger partial charge in [0.25, 0.3) is 5.82 Å². The van der Waals surface area contributed by atoms with Crippen LogP contribution in [0.5, 0.6) is 0 Å². The molecule has 16 heavy (non-hydrogen) atoms. The van der Waals surface area contributed by atoms with Crippen molar-refractivity contribution in [2.24, 2.45) is 0 Å². The van der Waals surface area contributed by atoms with Gasteiger partial charge in [-0.15, -0.1) is 5.10 Å². The Kier molecular flexibility index (Phi) is 5.23. The van der Waals surface area contributed by atoms with Gasteiger partial charge in [-0.3, -0.25) is 0 Å². The topological polar surface area (TPSA) is 80.9 Å². The third kappa shape index (κ3) is 3.19. The van der Waals surface area contributed by atoms with E-state index in [1.54, 1.807) is 0 Å². The van der Waals surface area contributed by atoms with Crippen molar-refractivity contribution >= 4 is 5.97 Å². The molecule has 0 bridgehead atoms. The third-order valence-electron chi connectivity index (χ3n) is 1.90. The van der Waals surface area contributed by atoms with Crippen LogP contribution in [-0.2, 0) is 6.54 Å². The molecule has 0 fully saturated rings. The molecule has 0 amide bonds. The summed E-state index contributed by atoms with van der Waals surface area (Å²) in [5, 5.41) is 19.1. The Hall–Kier alpha value is -0.604. The van der Waals surface area contributed by atoms with Gasteiger partial charge in [0.05, 0.1) is 6.54 Å². The zero-order chi connectivity index (χ0) is 10.7. The Morgan fingerprint density at radius 1 is 1.38 bits per heavy atom. The van der Waals surface area contributed by atoms with Crippen LogP contribution in [0.15, 0.2) is 30.3 Å². The first-order valence-corrected chi connectivity index (χ1v) is 4.31. The van der Waals surface area contributed by atoms with Crippen LogP contribution in [0, 0.1) is 0 Å². The number of nitrogens with zero attached hydrogens (tertiary/aromatic N) is 4. The number of aromatic nitrogens is 4. The minimum Gasteiger partial charge on any atom is -1.00 e. The Morgan fingerprint density at radius 2 is 2.06 bits per heavy atom. The maximum atomic E-state index is 10.7. The molecule has 1 aromatic carbocycles. The maximum absolute atomic E-state index is 10.7. The summed E-state index contributed by atoms with van der Waals surface area (Å²) < 4.78 is 1.25. The van der Waals surface area contributed by atoms with Crippen LogP contribution in [-0.4, -0.2) is 31.3 Å². The van der Waals surface area contributed by atoms with Gasteiger partial charge >= 0.3 is 57.4 Å². The van der Waals surface area contributed by atoms with Crippen LogP contribution in [0.1, 0.15) is 17.6 Å². The second-order valence-electron chi connectivity index (χ2n) is 2.95. The van der Waals surface area contributed by atoms with Crippen molar-refractivity contribution in [3.63, 3.8) is 0 Å². The average molecular weight is 244 g/mol. The van der Waals surface area contributed by atoms with Crippen molar-refractivity contribution in [3.8, 4) is 0 Å². The van der Waals surface area contributed by atoms with E-state index in [9.17, 15) is 4.79 Å². The van der Waals surface area contributed by atoms with E-state index in [0.717, 1.165) is 5.56 Å². The number of rotatable bonds is 3. The molecular weight excluding hydrogens is 235 g/mol. The van der Waals surface area contributed by atoms with Crippen LogP contribution < -0.4 is 51.4 Å². The van der Waals surface area contributed by atoms with Gasteiger partial charge in [-0.05, 0) is 16.0 Å². The van der Waals surface area contributed by atoms with Crippen molar-refractivity contribution in [3.05, 3.63) is 41.7 Å². The second-order valence-corrected chi connectivity index (χ2v) is 2.95. The van der Waals surface area contributed by atoms with E-state index in [-0.39, 0.29) is 58.6 Å². The fourth-order valence-corrected chi connectivity index (χ4v) is 1.22. The molecule has 0 atom stereocenters. The molecule has 2 aromatic rings. The molecule has 0 aliphatic carbocycles. The molecule has 0 aliphatic rings. The zero-order valence-corrected chi connectivity index (χ0v) is 11.9. The largest absolute Gasteiger partial charge is 1.00 e. The number of benzene rings is 1. The van der Waals surface area contributed by atoms with E-state index in [2.05, 4.69) is 15.5 Å². The van der Waals surface area contributed by atoms with Gasteiger partial charge in [0.1, 0.15) is 0 Å². The Bertz CT molecular complexity index is 477. The summed E-state index contributed by atoms with van der Waals surface area (Å²) >= 11 is 0. The van der Waals surface area contributed by atoms with E-state index in [0.29, 0.717) is 6.54 Å². The molecule has 0 spiro atoms. The SMILES string of the molecule is O=C(O)c1nnnn1Cc1ccccc1.[H-].[K+]. The normalized spacial score (nSPS) is 9.50. The van der Waals surface area contributed by atoms with Crippen LogP contribution >= 0.6 is 0 Å². The number of hydrogen-bond acceptors (Lipinski definition) is 4. The average Bonchev–Trinajstić information content (AvgIpc) is 2.67. The molecule has 2 rings (SSSR count). The molecule has 0 aliphatic heterocycles. The van der Waals surface area contributed by atoms with Crippen molar-refractivity contribution in [2.75, 3.05) is 0 Å². The first kappa shape index (κ1) is 13.5. The van der Waals surface area contributed by atoms with Crippen LogP contribution in [0.3, 0.4) is 0 Å². The van der Waals surface area contributed by atoms with Gasteiger partial charge < -0.3 is 6.53 Å². The fraction of sp³-hybridized carbons (Fsp3) is 0.111. The first-order chi connectivity index (χ1) is 7.27. The van der Waals surface area contributed by atoms with Crippen LogP contribution in [0.2, 0.25) is 0 Å². The summed E-state index contributed by atoms with van der Waals surface area (Å²) in [6.07, 6.45) is 0. The van der Waals surface area contributed by atoms with Gasteiger partial charge in [0, 0.05) is 0 Å². The van der Waals surface area contributed by atoms with Crippen molar-refractivity contribution < 1.29 is 62.7 Å². The van der Waals surface area contributed by atoms with Gasteiger partial charge in [0.2, 0.25) is 0 Å². The van der Waals surface area contributed by atoms with E-state index < -0.39 is 5.97 Å². The Morgan fingerprint density at radius 3 is 2.69 bits per heavy atom. The fourth-order valence-electron chi connectivity index (χ4n) is 1.22. The van der Waals surface area contributed by atoms with Crippen molar-refractivity contribution in [2.45, 2.75) is 6.54 Å². The van der Waals surface area contributed by atoms with E-state index in [4.69, 9.17) is 5.11 Å². The molecule has 1 aromatic heterocycles. The predicted molar refractivity (Wildman–Crippen MR) is 51.4 cm³/mol. The Balaban J connectivity index is 0.00000128. The number of carbonyl (C=O) groups is 1. The molecule has 0 unspecified atom stereocenters. The molecule has 1 N–H and O–H groups in total. The summed E-state index contributed by atoms with van der Waals surface area (Å²) in [6, 6.07) is 9.40. The van der Waals surface area contributed by atoms with E-state index in [1.807, 2.05) is 30.3 Å². The molecular formula is C9H9KN4O2. The number of carboxylic acids is 1. The predicted octanol–water partition coefficient (Wildman–Crippen LogP) is -2.46. The number of aromatic carboxylic acids is 1. The molecule has 0 radical (unpaired) electrons. The molecule has 78 valence electrons. The van der Waals surface area contributed by atoms with E-state index in [1.165, 1.54) is 4.68 Å². The number of tetrazole rings is 1. The zero-order valence-electron chi connectivity index (χ0n) is 9.74. The molecule has 0 saturated carbocycles. The van der Waals surface area contributed by atoms with Crippen LogP contribution in [0.25, 0.3) is 0 Å². The summed E-state index contributed by atoms with van der Waals surface area (Å²) in [5.74, 6) is -1.28. The first-order valence-electron chi connectivity index (χ1n) is 4.31. The summed E-state index contributed by atoms with van der Waals surface area (Å²) in [5.41, 5.74) is 0.951. The van der Waals surface area contributed by atoms with Crippen LogP contribution in [0.4, 0.5) is 0 Å². The summed E-state index contributed by atoms with van der Waals surface area (Å²) in [4.78, 5) is 10.7. The molecule has 6 nitrogen and oxygen atoms in total. The van der Waals surface area contributed by atoms with E-state index >= 15 is 0 Å². The van der Waals surface area contributed by atoms with Gasteiger partial charge in [-0.25, -0.2) is 9.48 Å². The minimum absolute atomic E-state index is 0. The Labute approximate surface area is 136 Å². The maximum Gasteiger partial charge on any atom is 1.00 e. The molecule has 7 heteroatoms.